The summed E-state index contributed by atoms with van der Waals surface area (Å²) in [6, 6.07) is 7.63. The fourth-order valence-electron chi connectivity index (χ4n) is 2.94. The minimum Gasteiger partial charge on any atom is -0.472 e. The quantitative estimate of drug-likeness (QED) is 0.550. The van der Waals surface area contributed by atoms with Crippen molar-refractivity contribution in [2.45, 2.75) is 20.1 Å². The molecular formula is C21H18BrF2N3O4. The third-order valence-electron chi connectivity index (χ3n) is 4.53. The molecule has 10 heteroatoms. The molecule has 31 heavy (non-hydrogen) atoms. The monoisotopic (exact) mass is 493 g/mol. The van der Waals surface area contributed by atoms with Crippen LogP contribution in [0, 0.1) is 18.6 Å². The van der Waals surface area contributed by atoms with Crippen molar-refractivity contribution in [1.29, 1.82) is 0 Å². The number of amides is 1. The molecule has 1 amide bonds. The van der Waals surface area contributed by atoms with Gasteiger partial charge in [0, 0.05) is 29.8 Å². The molecule has 162 valence electrons. The van der Waals surface area contributed by atoms with Crippen LogP contribution >= 0.6 is 15.9 Å². The van der Waals surface area contributed by atoms with Crippen LogP contribution < -0.4 is 15.6 Å². The highest BCUT2D eigenvalue weighted by Gasteiger charge is 2.19. The first-order valence-corrected chi connectivity index (χ1v) is 9.88. The van der Waals surface area contributed by atoms with E-state index in [-0.39, 0.29) is 46.5 Å². The summed E-state index contributed by atoms with van der Waals surface area (Å²) < 4.78 is 33.6. The largest absolute Gasteiger partial charge is 0.472 e. The summed E-state index contributed by atoms with van der Waals surface area (Å²) in [5.41, 5.74) is 0.539. The first-order valence-electron chi connectivity index (χ1n) is 9.09. The summed E-state index contributed by atoms with van der Waals surface area (Å²) in [4.78, 5) is 29.3. The van der Waals surface area contributed by atoms with Crippen molar-refractivity contribution in [3.8, 4) is 11.6 Å². The lowest BCUT2D eigenvalue weighted by Gasteiger charge is -2.16. The lowest BCUT2D eigenvalue weighted by Crippen LogP contribution is -2.26. The van der Waals surface area contributed by atoms with E-state index < -0.39 is 17.2 Å². The molecule has 2 N–H and O–H groups in total. The third-order valence-corrected chi connectivity index (χ3v) is 5.21. The van der Waals surface area contributed by atoms with E-state index in [0.29, 0.717) is 11.1 Å². The number of benzene rings is 2. The second kappa shape index (κ2) is 9.36. The molecule has 0 aliphatic heterocycles. The Bertz CT molecular complexity index is 1210. The minimum absolute atomic E-state index is 0.0325. The first kappa shape index (κ1) is 22.6. The molecule has 0 aliphatic carbocycles. The van der Waals surface area contributed by atoms with Gasteiger partial charge in [-0.15, -0.1) is 0 Å². The Morgan fingerprint density at radius 1 is 1.23 bits per heavy atom. The molecule has 0 radical (unpaired) electrons. The average molecular weight is 494 g/mol. The van der Waals surface area contributed by atoms with Gasteiger partial charge in [0.25, 0.3) is 11.5 Å². The predicted octanol–water partition coefficient (Wildman–Crippen LogP) is 3.01. The summed E-state index contributed by atoms with van der Waals surface area (Å²) >= 11 is 3.16. The van der Waals surface area contributed by atoms with E-state index in [9.17, 15) is 23.5 Å². The second-order valence-electron chi connectivity index (χ2n) is 6.52. The molecule has 0 atom stereocenters. The Kier molecular flexibility index (Phi) is 6.81. The average Bonchev–Trinajstić information content (AvgIpc) is 2.75. The van der Waals surface area contributed by atoms with Gasteiger partial charge in [0.1, 0.15) is 28.5 Å². The van der Waals surface area contributed by atoms with Gasteiger partial charge in [0.05, 0.1) is 12.3 Å². The van der Waals surface area contributed by atoms with Crippen LogP contribution in [0.2, 0.25) is 0 Å². The minimum atomic E-state index is -0.778. The number of aliphatic hydroxyl groups excluding tert-OH is 1. The van der Waals surface area contributed by atoms with Crippen LogP contribution in [0.1, 0.15) is 27.3 Å². The second-order valence-corrected chi connectivity index (χ2v) is 7.32. The highest BCUT2D eigenvalue weighted by Crippen LogP contribution is 2.24. The molecule has 7 nitrogen and oxygen atoms in total. The number of ether oxygens (including phenoxy) is 1. The van der Waals surface area contributed by atoms with E-state index in [1.54, 1.807) is 13.0 Å². The number of aromatic nitrogens is 2. The van der Waals surface area contributed by atoms with Crippen LogP contribution in [0.3, 0.4) is 0 Å². The normalized spacial score (nSPS) is 10.8. The maximum atomic E-state index is 13.8. The molecule has 1 heterocycles. The van der Waals surface area contributed by atoms with E-state index in [1.807, 2.05) is 0 Å². The maximum absolute atomic E-state index is 13.8. The number of carbonyl (C=O) groups excluding carboxylic acids is 1. The van der Waals surface area contributed by atoms with Gasteiger partial charge in [-0.2, -0.15) is 4.98 Å². The van der Waals surface area contributed by atoms with Crippen molar-refractivity contribution in [1.82, 2.24) is 14.9 Å². The molecule has 3 aromatic rings. The SMILES string of the molecule is CNC(=O)c1ccc(CO)c(-n2c(C)nc(OCc3ccc(F)cc3F)c(Br)c2=O)c1. The molecule has 0 bridgehead atoms. The standard InChI is InChI=1S/C21H18BrF2N3O4/c1-11-26-20(31-10-14-5-6-15(23)8-16(14)24)18(22)21(30)27(11)17-7-12(19(29)25-2)3-4-13(17)9-28/h3-8,28H,9-10H2,1-2H3,(H,25,29). The smallest absolute Gasteiger partial charge is 0.276 e. The van der Waals surface area contributed by atoms with Gasteiger partial charge < -0.3 is 15.2 Å². The van der Waals surface area contributed by atoms with E-state index in [4.69, 9.17) is 4.74 Å². The van der Waals surface area contributed by atoms with E-state index in [0.717, 1.165) is 12.1 Å². The summed E-state index contributed by atoms with van der Waals surface area (Å²) in [6.45, 7) is 0.913. The zero-order chi connectivity index (χ0) is 22.7. The number of rotatable bonds is 6. The molecule has 2 aromatic carbocycles. The zero-order valence-electron chi connectivity index (χ0n) is 16.6. The fraction of sp³-hybridized carbons (Fsp3) is 0.190. The number of aliphatic hydroxyl groups is 1. The highest BCUT2D eigenvalue weighted by molar-refractivity contribution is 9.10. The third kappa shape index (κ3) is 4.64. The van der Waals surface area contributed by atoms with Crippen LogP contribution in [0.5, 0.6) is 5.88 Å². The fourth-order valence-corrected chi connectivity index (χ4v) is 3.32. The van der Waals surface area contributed by atoms with Crippen LogP contribution in [0.25, 0.3) is 5.69 Å². The number of halogens is 3. The Balaban J connectivity index is 2.02. The number of hydrogen-bond donors (Lipinski definition) is 2. The van der Waals surface area contributed by atoms with E-state index in [1.165, 1.54) is 29.8 Å². The summed E-state index contributed by atoms with van der Waals surface area (Å²) in [5, 5.41) is 12.2. The van der Waals surface area contributed by atoms with Gasteiger partial charge in [-0.1, -0.05) is 6.07 Å². The molecule has 3 rings (SSSR count). The molecule has 0 spiro atoms. The predicted molar refractivity (Wildman–Crippen MR) is 112 cm³/mol. The number of carbonyl (C=O) groups is 1. The highest BCUT2D eigenvalue weighted by atomic mass is 79.9. The zero-order valence-corrected chi connectivity index (χ0v) is 18.2. The summed E-state index contributed by atoms with van der Waals surface area (Å²) in [7, 11) is 1.48. The van der Waals surface area contributed by atoms with E-state index >= 15 is 0 Å². The Labute approximate surface area is 184 Å². The molecule has 1 aromatic heterocycles. The lowest BCUT2D eigenvalue weighted by atomic mass is 10.1. The molecule has 0 saturated heterocycles. The van der Waals surface area contributed by atoms with Gasteiger partial charge in [0.2, 0.25) is 5.88 Å². The van der Waals surface area contributed by atoms with E-state index in [2.05, 4.69) is 26.2 Å². The molecule has 0 saturated carbocycles. The lowest BCUT2D eigenvalue weighted by molar-refractivity contribution is 0.0963. The number of nitrogens with zero attached hydrogens (tertiary/aromatic N) is 2. The van der Waals surface area contributed by atoms with Crippen LogP contribution in [-0.2, 0) is 13.2 Å². The molecule has 0 unspecified atom stereocenters. The topological polar surface area (TPSA) is 93.5 Å². The van der Waals surface area contributed by atoms with Crippen LogP contribution in [0.4, 0.5) is 8.78 Å². The summed E-state index contributed by atoms with van der Waals surface area (Å²) in [6.07, 6.45) is 0. The van der Waals surface area contributed by atoms with Gasteiger partial charge in [-0.3, -0.25) is 14.2 Å². The van der Waals surface area contributed by atoms with Gasteiger partial charge >= 0.3 is 0 Å². The van der Waals surface area contributed by atoms with Crippen molar-refractivity contribution >= 4 is 21.8 Å². The van der Waals surface area contributed by atoms with Gasteiger partial charge in [-0.05, 0) is 47.1 Å². The molecular weight excluding hydrogens is 476 g/mol. The number of aryl methyl sites for hydroxylation is 1. The van der Waals surface area contributed by atoms with Crippen LogP contribution in [0.15, 0.2) is 45.7 Å². The van der Waals surface area contributed by atoms with Crippen molar-refractivity contribution in [2.75, 3.05) is 7.05 Å². The van der Waals surface area contributed by atoms with Gasteiger partial charge in [-0.25, -0.2) is 8.78 Å². The Morgan fingerprint density at radius 2 is 1.94 bits per heavy atom. The van der Waals surface area contributed by atoms with Crippen molar-refractivity contribution < 1.29 is 23.4 Å². The Morgan fingerprint density at radius 3 is 2.58 bits per heavy atom. The van der Waals surface area contributed by atoms with Crippen molar-refractivity contribution in [2.24, 2.45) is 0 Å². The number of hydrogen-bond acceptors (Lipinski definition) is 5. The summed E-state index contributed by atoms with van der Waals surface area (Å²) in [5.74, 6) is -1.70. The molecule has 0 fully saturated rings. The first-order chi connectivity index (χ1) is 14.8. The van der Waals surface area contributed by atoms with Crippen molar-refractivity contribution in [3.05, 3.63) is 85.4 Å². The van der Waals surface area contributed by atoms with Gasteiger partial charge in [0.15, 0.2) is 0 Å². The van der Waals surface area contributed by atoms with Crippen LogP contribution in [-0.4, -0.2) is 27.6 Å². The molecule has 0 aliphatic rings. The maximum Gasteiger partial charge on any atom is 0.276 e. The van der Waals surface area contributed by atoms with Crippen molar-refractivity contribution in [3.63, 3.8) is 0 Å². The number of nitrogens with one attached hydrogen (secondary N) is 1. The Hall–Kier alpha value is -3.11.